The summed E-state index contributed by atoms with van der Waals surface area (Å²) >= 11 is 0. The fourth-order valence-corrected chi connectivity index (χ4v) is 3.50. The monoisotopic (exact) mass is 431 g/mol. The Morgan fingerprint density at radius 3 is 2.44 bits per heavy atom. The fourth-order valence-electron chi connectivity index (χ4n) is 3.50. The Bertz CT molecular complexity index is 1130. The van der Waals surface area contributed by atoms with Crippen molar-refractivity contribution in [3.63, 3.8) is 0 Å². The number of carboxylic acid groups (broad SMARTS) is 1. The molecule has 0 saturated carbocycles. The van der Waals surface area contributed by atoms with Crippen LogP contribution in [0, 0.1) is 17.7 Å². The molecule has 1 aliphatic heterocycles. The van der Waals surface area contributed by atoms with Crippen molar-refractivity contribution >= 4 is 11.8 Å². The second-order valence-electron chi connectivity index (χ2n) is 7.53. The highest BCUT2D eigenvalue weighted by Gasteiger charge is 2.22. The van der Waals surface area contributed by atoms with Gasteiger partial charge in [-0.15, -0.1) is 10.2 Å². The first-order valence-corrected chi connectivity index (χ1v) is 10.4. The van der Waals surface area contributed by atoms with E-state index in [4.69, 9.17) is 9.84 Å². The number of rotatable bonds is 5. The second-order valence-corrected chi connectivity index (χ2v) is 7.53. The van der Waals surface area contributed by atoms with E-state index in [2.05, 4.69) is 26.9 Å². The van der Waals surface area contributed by atoms with E-state index in [-0.39, 0.29) is 18.3 Å². The SMILES string of the molecule is O=C(O)Cc1ccc(C#Cc2ccc(N3CCC(Oc4ccccc4F)CC3)nn2)cc1. The van der Waals surface area contributed by atoms with Crippen LogP contribution in [-0.4, -0.2) is 40.5 Å². The number of benzene rings is 2. The molecule has 1 aromatic heterocycles. The number of hydrogen-bond acceptors (Lipinski definition) is 5. The molecule has 2 heterocycles. The average molecular weight is 431 g/mol. The molecule has 1 aliphatic rings. The zero-order chi connectivity index (χ0) is 22.3. The topological polar surface area (TPSA) is 75.5 Å². The first kappa shape index (κ1) is 21.3. The number of carboxylic acids is 1. The minimum Gasteiger partial charge on any atom is -0.487 e. The molecule has 3 aromatic rings. The minimum absolute atomic E-state index is 0.00679. The summed E-state index contributed by atoms with van der Waals surface area (Å²) in [5, 5.41) is 17.3. The van der Waals surface area contributed by atoms with E-state index in [1.807, 2.05) is 12.1 Å². The number of carbonyl (C=O) groups is 1. The molecule has 1 saturated heterocycles. The van der Waals surface area contributed by atoms with Gasteiger partial charge in [0.1, 0.15) is 11.8 Å². The maximum absolute atomic E-state index is 13.8. The molecule has 0 radical (unpaired) electrons. The molecule has 4 rings (SSSR count). The normalized spacial score (nSPS) is 13.8. The van der Waals surface area contributed by atoms with Crippen LogP contribution in [0.2, 0.25) is 0 Å². The second kappa shape index (κ2) is 9.92. The van der Waals surface area contributed by atoms with Crippen LogP contribution >= 0.6 is 0 Å². The fraction of sp³-hybridized carbons (Fsp3) is 0.240. The standard InChI is InChI=1S/C25H22FN3O3/c26-22-3-1-2-4-23(22)32-21-13-15-29(16-14-21)24-12-11-20(27-28-24)10-9-18-5-7-19(8-6-18)17-25(30)31/h1-8,11-12,21H,13-17H2,(H,30,31). The van der Waals surface area contributed by atoms with Crippen LogP contribution in [0.5, 0.6) is 5.75 Å². The molecule has 1 N–H and O–H groups in total. The van der Waals surface area contributed by atoms with Gasteiger partial charge in [0.05, 0.1) is 6.42 Å². The van der Waals surface area contributed by atoms with Gasteiger partial charge in [-0.05, 0) is 47.9 Å². The molecule has 7 heteroatoms. The zero-order valence-electron chi connectivity index (χ0n) is 17.4. The number of piperidine rings is 1. The largest absolute Gasteiger partial charge is 0.487 e. The maximum atomic E-state index is 13.8. The molecule has 0 bridgehead atoms. The molecular weight excluding hydrogens is 409 g/mol. The van der Waals surface area contributed by atoms with Gasteiger partial charge in [0.2, 0.25) is 0 Å². The summed E-state index contributed by atoms with van der Waals surface area (Å²) < 4.78 is 19.6. The molecule has 162 valence electrons. The van der Waals surface area contributed by atoms with E-state index < -0.39 is 5.97 Å². The molecule has 0 spiro atoms. The average Bonchev–Trinajstić information content (AvgIpc) is 2.81. The third-order valence-electron chi connectivity index (χ3n) is 5.19. The molecular formula is C25H22FN3O3. The van der Waals surface area contributed by atoms with Crippen molar-refractivity contribution in [1.82, 2.24) is 10.2 Å². The number of anilines is 1. The summed E-state index contributed by atoms with van der Waals surface area (Å²) in [4.78, 5) is 12.9. The summed E-state index contributed by atoms with van der Waals surface area (Å²) in [5.74, 6) is 5.86. The van der Waals surface area contributed by atoms with E-state index in [9.17, 15) is 9.18 Å². The Morgan fingerprint density at radius 1 is 1.03 bits per heavy atom. The molecule has 32 heavy (non-hydrogen) atoms. The van der Waals surface area contributed by atoms with E-state index >= 15 is 0 Å². The number of aliphatic carboxylic acids is 1. The first-order valence-electron chi connectivity index (χ1n) is 10.4. The van der Waals surface area contributed by atoms with Crippen molar-refractivity contribution in [2.75, 3.05) is 18.0 Å². The smallest absolute Gasteiger partial charge is 0.307 e. The highest BCUT2D eigenvalue weighted by Crippen LogP contribution is 2.23. The van der Waals surface area contributed by atoms with E-state index in [1.165, 1.54) is 6.07 Å². The van der Waals surface area contributed by atoms with Crippen molar-refractivity contribution in [1.29, 1.82) is 0 Å². The van der Waals surface area contributed by atoms with Crippen molar-refractivity contribution in [3.8, 4) is 17.6 Å². The van der Waals surface area contributed by atoms with Gasteiger partial charge in [-0.2, -0.15) is 0 Å². The van der Waals surface area contributed by atoms with Crippen molar-refractivity contribution in [3.05, 3.63) is 83.3 Å². The van der Waals surface area contributed by atoms with Gasteiger partial charge in [0.25, 0.3) is 0 Å². The zero-order valence-corrected chi connectivity index (χ0v) is 17.4. The van der Waals surface area contributed by atoms with Gasteiger partial charge in [-0.3, -0.25) is 4.79 Å². The third-order valence-corrected chi connectivity index (χ3v) is 5.19. The molecule has 6 nitrogen and oxygen atoms in total. The van der Waals surface area contributed by atoms with Crippen molar-refractivity contribution in [2.24, 2.45) is 0 Å². The highest BCUT2D eigenvalue weighted by molar-refractivity contribution is 5.70. The molecule has 0 atom stereocenters. The van der Waals surface area contributed by atoms with Crippen LogP contribution in [0.25, 0.3) is 0 Å². The lowest BCUT2D eigenvalue weighted by molar-refractivity contribution is -0.136. The Labute approximate surface area is 185 Å². The molecule has 0 aliphatic carbocycles. The third kappa shape index (κ3) is 5.61. The number of hydrogen-bond donors (Lipinski definition) is 1. The van der Waals surface area contributed by atoms with Gasteiger partial charge in [-0.25, -0.2) is 4.39 Å². The van der Waals surface area contributed by atoms with Gasteiger partial charge in [-0.1, -0.05) is 30.2 Å². The summed E-state index contributed by atoms with van der Waals surface area (Å²) in [7, 11) is 0. The molecule has 1 fully saturated rings. The van der Waals surface area contributed by atoms with E-state index in [1.54, 1.807) is 42.5 Å². The molecule has 2 aromatic carbocycles. The lowest BCUT2D eigenvalue weighted by Crippen LogP contribution is -2.38. The van der Waals surface area contributed by atoms with E-state index in [0.717, 1.165) is 42.9 Å². The number of para-hydroxylation sites is 1. The van der Waals surface area contributed by atoms with Crippen LogP contribution in [0.15, 0.2) is 60.7 Å². The van der Waals surface area contributed by atoms with Crippen LogP contribution in [0.4, 0.5) is 10.2 Å². The van der Waals surface area contributed by atoms with Gasteiger partial charge >= 0.3 is 5.97 Å². The maximum Gasteiger partial charge on any atom is 0.307 e. The lowest BCUT2D eigenvalue weighted by Gasteiger charge is -2.32. The number of nitrogens with zero attached hydrogens (tertiary/aromatic N) is 3. The first-order chi connectivity index (χ1) is 15.6. The number of halogens is 1. The Morgan fingerprint density at radius 2 is 1.78 bits per heavy atom. The van der Waals surface area contributed by atoms with Crippen LogP contribution < -0.4 is 9.64 Å². The lowest BCUT2D eigenvalue weighted by atomic mass is 10.1. The molecule has 0 unspecified atom stereocenters. The van der Waals surface area contributed by atoms with Crippen molar-refractivity contribution in [2.45, 2.75) is 25.4 Å². The van der Waals surface area contributed by atoms with Crippen molar-refractivity contribution < 1.29 is 19.0 Å². The summed E-state index contributed by atoms with van der Waals surface area (Å²) in [6.45, 7) is 1.50. The van der Waals surface area contributed by atoms with E-state index in [0.29, 0.717) is 11.4 Å². The summed E-state index contributed by atoms with van der Waals surface area (Å²) in [6.07, 6.45) is 1.51. The predicted octanol–water partition coefficient (Wildman–Crippen LogP) is 3.69. The Balaban J connectivity index is 1.31. The van der Waals surface area contributed by atoms with Gasteiger partial charge in [0.15, 0.2) is 17.4 Å². The van der Waals surface area contributed by atoms with Crippen LogP contribution in [0.3, 0.4) is 0 Å². The molecule has 0 amide bonds. The predicted molar refractivity (Wildman–Crippen MR) is 118 cm³/mol. The number of ether oxygens (including phenoxy) is 1. The Hall–Kier alpha value is -3.92. The van der Waals surface area contributed by atoms with Gasteiger partial charge in [0, 0.05) is 31.5 Å². The summed E-state index contributed by atoms with van der Waals surface area (Å²) in [6, 6.07) is 17.3. The number of aromatic nitrogens is 2. The Kier molecular flexibility index (Phi) is 6.61. The summed E-state index contributed by atoms with van der Waals surface area (Å²) in [5.41, 5.74) is 2.07. The van der Waals surface area contributed by atoms with Gasteiger partial charge < -0.3 is 14.7 Å². The quantitative estimate of drug-likeness (QED) is 0.621. The van der Waals surface area contributed by atoms with Crippen LogP contribution in [-0.2, 0) is 11.2 Å². The minimum atomic E-state index is -0.860. The van der Waals surface area contributed by atoms with Crippen LogP contribution in [0.1, 0.15) is 29.7 Å². The highest BCUT2D eigenvalue weighted by atomic mass is 19.1.